The molecule has 4 amide bonds. The van der Waals surface area contributed by atoms with Crippen molar-refractivity contribution in [3.8, 4) is 6.07 Å². The van der Waals surface area contributed by atoms with Crippen molar-refractivity contribution < 1.29 is 19.2 Å². The van der Waals surface area contributed by atoms with Gasteiger partial charge in [0.15, 0.2) is 0 Å². The lowest BCUT2D eigenvalue weighted by Gasteiger charge is -2.25. The molecule has 9 heteroatoms. The number of benzene rings is 1. The Morgan fingerprint density at radius 1 is 1.10 bits per heavy atom. The number of fused-ring (bicyclic) bond motifs is 5. The summed E-state index contributed by atoms with van der Waals surface area (Å²) in [5.74, 6) is -0.948. The first-order valence-corrected chi connectivity index (χ1v) is 11.3. The van der Waals surface area contributed by atoms with Gasteiger partial charge in [-0.2, -0.15) is 5.26 Å². The molecule has 2 bridgehead atoms. The molecule has 2 aliphatic heterocycles. The smallest absolute Gasteiger partial charge is 0.248 e. The van der Waals surface area contributed by atoms with E-state index in [1.807, 2.05) is 18.2 Å². The van der Waals surface area contributed by atoms with Crippen LogP contribution in [0.25, 0.3) is 0 Å². The van der Waals surface area contributed by atoms with Crippen molar-refractivity contribution in [2.75, 3.05) is 23.5 Å². The third kappa shape index (κ3) is 3.22. The molecule has 5 atom stereocenters. The number of likely N-dealkylation sites (tertiary alicyclic amines) is 1. The molecule has 0 aromatic heterocycles. The van der Waals surface area contributed by atoms with Crippen LogP contribution < -0.4 is 5.32 Å². The zero-order chi connectivity index (χ0) is 21.7. The Bertz CT molecular complexity index is 1020. The molecule has 5 unspecified atom stereocenters. The van der Waals surface area contributed by atoms with E-state index in [9.17, 15) is 19.2 Å². The van der Waals surface area contributed by atoms with Crippen LogP contribution in [0.4, 0.5) is 5.69 Å². The Morgan fingerprint density at radius 2 is 1.74 bits per heavy atom. The minimum Gasteiger partial charge on any atom is -0.324 e. The molecular formula is C22H20N4O4S. The molecule has 0 spiro atoms. The number of hydrogen-bond acceptors (Lipinski definition) is 6. The van der Waals surface area contributed by atoms with Crippen molar-refractivity contribution in [2.45, 2.75) is 12.5 Å². The number of anilines is 1. The van der Waals surface area contributed by atoms with Crippen LogP contribution in [0.15, 0.2) is 36.4 Å². The highest BCUT2D eigenvalue weighted by Gasteiger charge is 2.59. The highest BCUT2D eigenvalue weighted by atomic mass is 32.2. The third-order valence-electron chi connectivity index (χ3n) is 6.64. The monoisotopic (exact) mass is 436 g/mol. The van der Waals surface area contributed by atoms with Crippen LogP contribution in [0.5, 0.6) is 0 Å². The number of amides is 4. The fourth-order valence-electron chi connectivity index (χ4n) is 5.11. The number of rotatable bonds is 4. The predicted molar refractivity (Wildman–Crippen MR) is 112 cm³/mol. The van der Waals surface area contributed by atoms with Crippen LogP contribution >= 0.6 is 11.8 Å². The maximum Gasteiger partial charge on any atom is 0.248 e. The lowest BCUT2D eigenvalue weighted by atomic mass is 9.85. The molecule has 1 N–H and O–H groups in total. The number of nitriles is 1. The molecule has 0 radical (unpaired) electrons. The summed E-state index contributed by atoms with van der Waals surface area (Å²) < 4.78 is 0. The number of nitrogens with one attached hydrogen (secondary N) is 1. The number of carbonyl (C=O) groups is 4. The van der Waals surface area contributed by atoms with Crippen molar-refractivity contribution in [3.63, 3.8) is 0 Å². The lowest BCUT2D eigenvalue weighted by molar-refractivity contribution is -0.147. The molecule has 5 rings (SSSR count). The van der Waals surface area contributed by atoms with Crippen molar-refractivity contribution in [3.05, 3.63) is 42.0 Å². The number of thioether (sulfide) groups is 1. The summed E-state index contributed by atoms with van der Waals surface area (Å²) >= 11 is 1.45. The molecule has 8 nitrogen and oxygen atoms in total. The van der Waals surface area contributed by atoms with Gasteiger partial charge in [0.2, 0.25) is 23.6 Å². The number of imide groups is 1. The first kappa shape index (κ1) is 19.8. The summed E-state index contributed by atoms with van der Waals surface area (Å²) in [4.78, 5) is 54.0. The topological polar surface area (TPSA) is 111 Å². The van der Waals surface area contributed by atoms with Gasteiger partial charge in [-0.1, -0.05) is 12.2 Å². The van der Waals surface area contributed by atoms with Gasteiger partial charge in [0.05, 0.1) is 29.3 Å². The van der Waals surface area contributed by atoms with E-state index in [1.54, 1.807) is 24.3 Å². The van der Waals surface area contributed by atoms with Crippen LogP contribution in [0.3, 0.4) is 0 Å². The maximum absolute atomic E-state index is 13.0. The Morgan fingerprint density at radius 3 is 2.35 bits per heavy atom. The Labute approximate surface area is 183 Å². The summed E-state index contributed by atoms with van der Waals surface area (Å²) in [6.45, 7) is -0.314. The lowest BCUT2D eigenvalue weighted by Crippen LogP contribution is -2.49. The second-order valence-corrected chi connectivity index (χ2v) is 9.32. The van der Waals surface area contributed by atoms with Gasteiger partial charge in [-0.15, -0.1) is 11.8 Å². The van der Waals surface area contributed by atoms with Crippen LogP contribution in [0.1, 0.15) is 12.0 Å². The molecule has 2 aliphatic carbocycles. The maximum atomic E-state index is 13.0. The van der Waals surface area contributed by atoms with Crippen LogP contribution in [0, 0.1) is 35.0 Å². The van der Waals surface area contributed by atoms with Crippen LogP contribution in [0.2, 0.25) is 0 Å². The van der Waals surface area contributed by atoms with E-state index in [0.29, 0.717) is 22.9 Å². The van der Waals surface area contributed by atoms with E-state index in [2.05, 4.69) is 5.32 Å². The standard InChI is InChI=1S/C22H20N4O4S/c23-8-12-1-5-15(6-2-12)24-20(28)16-10-31-11-26(16)17(27)9-25-21(29)18-13-3-4-14(7-13)19(18)22(25)30/h1-6,13-14,16,18-19H,7,9-11H2,(H,24,28). The summed E-state index contributed by atoms with van der Waals surface area (Å²) in [6, 6.07) is 7.80. The number of hydrogen-bond donors (Lipinski definition) is 1. The average Bonchev–Trinajstić information content (AvgIpc) is 3.55. The quantitative estimate of drug-likeness (QED) is 0.561. The minimum atomic E-state index is -0.682. The normalized spacial score (nSPS) is 30.6. The summed E-state index contributed by atoms with van der Waals surface area (Å²) in [6.07, 6.45) is 4.88. The molecule has 2 heterocycles. The second-order valence-electron chi connectivity index (χ2n) is 8.32. The molecule has 1 saturated carbocycles. The molecular weight excluding hydrogens is 416 g/mol. The molecule has 2 saturated heterocycles. The van der Waals surface area contributed by atoms with Crippen molar-refractivity contribution in [1.82, 2.24) is 9.80 Å². The molecule has 1 aromatic carbocycles. The van der Waals surface area contributed by atoms with Crippen LogP contribution in [-0.2, 0) is 19.2 Å². The van der Waals surface area contributed by atoms with Gasteiger partial charge in [-0.3, -0.25) is 24.1 Å². The van der Waals surface area contributed by atoms with Gasteiger partial charge >= 0.3 is 0 Å². The van der Waals surface area contributed by atoms with E-state index in [0.717, 1.165) is 11.3 Å². The molecule has 4 aliphatic rings. The number of allylic oxidation sites excluding steroid dienone is 2. The third-order valence-corrected chi connectivity index (χ3v) is 7.65. The van der Waals surface area contributed by atoms with E-state index in [-0.39, 0.29) is 47.9 Å². The van der Waals surface area contributed by atoms with E-state index >= 15 is 0 Å². The van der Waals surface area contributed by atoms with Crippen LogP contribution in [-0.4, -0.2) is 57.6 Å². The first-order chi connectivity index (χ1) is 15.0. The van der Waals surface area contributed by atoms with Crippen molar-refractivity contribution >= 4 is 41.1 Å². The first-order valence-electron chi connectivity index (χ1n) is 10.2. The Balaban J connectivity index is 1.25. The van der Waals surface area contributed by atoms with E-state index in [1.165, 1.54) is 16.7 Å². The summed E-state index contributed by atoms with van der Waals surface area (Å²) in [5, 5.41) is 11.7. The van der Waals surface area contributed by atoms with Gasteiger partial charge in [-0.25, -0.2) is 0 Å². The number of nitrogens with zero attached hydrogens (tertiary/aromatic N) is 3. The predicted octanol–water partition coefficient (Wildman–Crippen LogP) is 1.21. The van der Waals surface area contributed by atoms with Gasteiger partial charge in [0, 0.05) is 11.4 Å². The van der Waals surface area contributed by atoms with Gasteiger partial charge < -0.3 is 10.2 Å². The van der Waals surface area contributed by atoms with E-state index < -0.39 is 11.9 Å². The molecule has 31 heavy (non-hydrogen) atoms. The second kappa shape index (κ2) is 7.54. The zero-order valence-corrected chi connectivity index (χ0v) is 17.4. The minimum absolute atomic E-state index is 0.0971. The van der Waals surface area contributed by atoms with E-state index in [4.69, 9.17) is 5.26 Å². The zero-order valence-electron chi connectivity index (χ0n) is 16.6. The van der Waals surface area contributed by atoms with Gasteiger partial charge in [0.25, 0.3) is 0 Å². The summed E-state index contributed by atoms with van der Waals surface area (Å²) in [7, 11) is 0. The average molecular weight is 436 g/mol. The van der Waals surface area contributed by atoms with Crippen molar-refractivity contribution in [1.29, 1.82) is 5.26 Å². The highest BCUT2D eigenvalue weighted by molar-refractivity contribution is 7.99. The Hall–Kier alpha value is -3.12. The van der Waals surface area contributed by atoms with Gasteiger partial charge in [0.1, 0.15) is 12.6 Å². The molecule has 158 valence electrons. The molecule has 1 aromatic rings. The molecule has 3 fully saturated rings. The highest BCUT2D eigenvalue weighted by Crippen LogP contribution is 2.52. The largest absolute Gasteiger partial charge is 0.324 e. The Kier molecular flexibility index (Phi) is 4.82. The summed E-state index contributed by atoms with van der Waals surface area (Å²) in [5.41, 5.74) is 1.02. The number of carbonyl (C=O) groups excluding carboxylic acids is 4. The fraction of sp³-hybridized carbons (Fsp3) is 0.409. The SMILES string of the molecule is N#Cc1ccc(NC(=O)C2CSCN2C(=O)CN2C(=O)C3C4C=CC(C4)C3C2=O)cc1. The fourth-order valence-corrected chi connectivity index (χ4v) is 6.29. The van der Waals surface area contributed by atoms with Crippen molar-refractivity contribution in [2.24, 2.45) is 23.7 Å². The van der Waals surface area contributed by atoms with Gasteiger partial charge in [-0.05, 0) is 42.5 Å².